The van der Waals surface area contributed by atoms with Gasteiger partial charge in [0, 0.05) is 5.92 Å². The van der Waals surface area contributed by atoms with Gasteiger partial charge in [0.2, 0.25) is 0 Å². The van der Waals surface area contributed by atoms with Crippen molar-refractivity contribution in [2.45, 2.75) is 32.0 Å². The molecule has 0 radical (unpaired) electrons. The largest absolute Gasteiger partial charge is 0.369 e. The Hall–Kier alpha value is -0.550. The molecular formula is C9H11NO. The minimum absolute atomic E-state index is 0.0532. The molecule has 2 heteroatoms. The highest BCUT2D eigenvalue weighted by atomic mass is 16.6. The Morgan fingerprint density at radius 3 is 2.91 bits per heavy atom. The maximum absolute atomic E-state index is 8.98. The Balaban J connectivity index is 1.99. The second-order valence-corrected chi connectivity index (χ2v) is 4.40. The summed E-state index contributed by atoms with van der Waals surface area (Å²) in [7, 11) is 0. The highest BCUT2D eigenvalue weighted by Gasteiger charge is 2.67. The second-order valence-electron chi connectivity index (χ2n) is 4.40. The molecule has 3 aliphatic rings. The first-order valence-electron chi connectivity index (χ1n) is 4.31. The van der Waals surface area contributed by atoms with E-state index >= 15 is 0 Å². The van der Waals surface area contributed by atoms with Crippen molar-refractivity contribution in [1.29, 1.82) is 5.26 Å². The van der Waals surface area contributed by atoms with Crippen LogP contribution in [0.2, 0.25) is 0 Å². The molecule has 2 aliphatic carbocycles. The molecule has 0 N–H and O–H groups in total. The summed E-state index contributed by atoms with van der Waals surface area (Å²) < 4.78 is 5.49. The number of nitriles is 1. The van der Waals surface area contributed by atoms with Crippen LogP contribution in [0.4, 0.5) is 0 Å². The normalized spacial score (nSPS) is 64.0. The van der Waals surface area contributed by atoms with Crippen LogP contribution in [0.5, 0.6) is 0 Å². The van der Waals surface area contributed by atoms with Crippen molar-refractivity contribution in [2.75, 3.05) is 0 Å². The van der Waals surface area contributed by atoms with Gasteiger partial charge in [-0.05, 0) is 25.7 Å². The van der Waals surface area contributed by atoms with Crippen LogP contribution in [0.3, 0.4) is 0 Å². The number of hydrogen-bond acceptors (Lipinski definition) is 2. The lowest BCUT2D eigenvalue weighted by atomic mass is 9.76. The smallest absolute Gasteiger partial charge is 0.0888 e. The SMILES string of the molecule is C[C@@]1(C#N)C[C@H]2C[C@@H]1[C@H]1O[C@@H]21. The molecule has 0 aromatic heterocycles. The van der Waals surface area contributed by atoms with E-state index < -0.39 is 0 Å². The summed E-state index contributed by atoms with van der Waals surface area (Å²) in [5.74, 6) is 1.28. The van der Waals surface area contributed by atoms with E-state index in [0.29, 0.717) is 18.1 Å². The van der Waals surface area contributed by atoms with E-state index in [1.54, 1.807) is 0 Å². The van der Waals surface area contributed by atoms with Crippen molar-refractivity contribution in [1.82, 2.24) is 0 Å². The van der Waals surface area contributed by atoms with Gasteiger partial charge < -0.3 is 4.74 Å². The molecule has 0 spiro atoms. The van der Waals surface area contributed by atoms with Gasteiger partial charge in [-0.3, -0.25) is 0 Å². The van der Waals surface area contributed by atoms with Crippen LogP contribution in [0.15, 0.2) is 0 Å². The van der Waals surface area contributed by atoms with Gasteiger partial charge in [-0.15, -0.1) is 0 Å². The number of rotatable bonds is 0. The fourth-order valence-electron chi connectivity index (χ4n) is 3.08. The number of epoxide rings is 1. The summed E-state index contributed by atoms with van der Waals surface area (Å²) >= 11 is 0. The Morgan fingerprint density at radius 2 is 2.36 bits per heavy atom. The third-order valence-corrected chi connectivity index (χ3v) is 3.74. The molecule has 5 atom stereocenters. The minimum atomic E-state index is -0.0532. The van der Waals surface area contributed by atoms with E-state index in [-0.39, 0.29) is 5.41 Å². The van der Waals surface area contributed by atoms with E-state index in [9.17, 15) is 0 Å². The molecule has 11 heavy (non-hydrogen) atoms. The zero-order valence-electron chi connectivity index (χ0n) is 6.58. The van der Waals surface area contributed by atoms with Gasteiger partial charge >= 0.3 is 0 Å². The van der Waals surface area contributed by atoms with Gasteiger partial charge in [0.1, 0.15) is 0 Å². The quantitative estimate of drug-likeness (QED) is 0.487. The molecule has 0 unspecified atom stereocenters. The van der Waals surface area contributed by atoms with Crippen LogP contribution < -0.4 is 0 Å². The van der Waals surface area contributed by atoms with Gasteiger partial charge in [-0.25, -0.2) is 0 Å². The molecule has 58 valence electrons. The van der Waals surface area contributed by atoms with Crippen LogP contribution in [0, 0.1) is 28.6 Å². The number of hydrogen-bond donors (Lipinski definition) is 0. The van der Waals surface area contributed by atoms with Crippen LogP contribution in [-0.2, 0) is 4.74 Å². The monoisotopic (exact) mass is 149 g/mol. The lowest BCUT2D eigenvalue weighted by molar-refractivity contribution is 0.230. The summed E-state index contributed by atoms with van der Waals surface area (Å²) in [6.07, 6.45) is 3.36. The molecule has 1 aliphatic heterocycles. The van der Waals surface area contributed by atoms with Crippen molar-refractivity contribution in [3.8, 4) is 6.07 Å². The summed E-state index contributed by atoms with van der Waals surface area (Å²) in [5.41, 5.74) is -0.0532. The second kappa shape index (κ2) is 1.47. The number of nitrogens with zero attached hydrogens (tertiary/aromatic N) is 1. The van der Waals surface area contributed by atoms with Crippen LogP contribution in [0.25, 0.3) is 0 Å². The van der Waals surface area contributed by atoms with E-state index in [2.05, 4.69) is 13.0 Å². The van der Waals surface area contributed by atoms with Gasteiger partial charge in [0.05, 0.1) is 23.7 Å². The molecule has 3 rings (SSSR count). The zero-order valence-corrected chi connectivity index (χ0v) is 6.58. The highest BCUT2D eigenvalue weighted by Crippen LogP contribution is 2.63. The summed E-state index contributed by atoms with van der Waals surface area (Å²) in [6, 6.07) is 2.45. The van der Waals surface area contributed by atoms with Crippen molar-refractivity contribution >= 4 is 0 Å². The van der Waals surface area contributed by atoms with Crippen LogP contribution >= 0.6 is 0 Å². The molecule has 2 saturated carbocycles. The molecular weight excluding hydrogens is 138 g/mol. The summed E-state index contributed by atoms with van der Waals surface area (Å²) in [4.78, 5) is 0. The Morgan fingerprint density at radius 1 is 1.55 bits per heavy atom. The van der Waals surface area contributed by atoms with E-state index in [1.165, 1.54) is 6.42 Å². The van der Waals surface area contributed by atoms with Crippen molar-refractivity contribution < 1.29 is 4.74 Å². The fraction of sp³-hybridized carbons (Fsp3) is 0.889. The number of fused-ring (bicyclic) bond motifs is 5. The van der Waals surface area contributed by atoms with Crippen LogP contribution in [-0.4, -0.2) is 12.2 Å². The van der Waals surface area contributed by atoms with E-state index in [0.717, 1.165) is 12.3 Å². The third kappa shape index (κ3) is 0.530. The molecule has 2 nitrogen and oxygen atoms in total. The first-order valence-corrected chi connectivity index (χ1v) is 4.31. The molecule has 0 amide bonds. The Kier molecular flexibility index (Phi) is 0.803. The molecule has 1 heterocycles. The van der Waals surface area contributed by atoms with Gasteiger partial charge in [-0.1, -0.05) is 0 Å². The Labute approximate surface area is 66.1 Å². The first kappa shape index (κ1) is 6.02. The fourth-order valence-corrected chi connectivity index (χ4v) is 3.08. The number of ether oxygens (including phenoxy) is 1. The lowest BCUT2D eigenvalue weighted by Gasteiger charge is -2.23. The predicted molar refractivity (Wildman–Crippen MR) is 38.6 cm³/mol. The van der Waals surface area contributed by atoms with E-state index in [4.69, 9.17) is 10.00 Å². The topological polar surface area (TPSA) is 36.3 Å². The molecule has 1 saturated heterocycles. The van der Waals surface area contributed by atoms with Crippen molar-refractivity contribution in [3.05, 3.63) is 0 Å². The highest BCUT2D eigenvalue weighted by molar-refractivity contribution is 5.20. The summed E-state index contributed by atoms with van der Waals surface area (Å²) in [5, 5.41) is 8.98. The maximum atomic E-state index is 8.98. The van der Waals surface area contributed by atoms with Gasteiger partial charge in [0.25, 0.3) is 0 Å². The predicted octanol–water partition coefficient (Wildman–Crippen LogP) is 1.32. The van der Waals surface area contributed by atoms with Crippen molar-refractivity contribution in [2.24, 2.45) is 17.3 Å². The lowest BCUT2D eigenvalue weighted by Crippen LogP contribution is -2.27. The van der Waals surface area contributed by atoms with Gasteiger partial charge in [-0.2, -0.15) is 5.26 Å². The zero-order chi connectivity index (χ0) is 7.64. The summed E-state index contributed by atoms with van der Waals surface area (Å²) in [6.45, 7) is 2.09. The maximum Gasteiger partial charge on any atom is 0.0888 e. The average molecular weight is 149 g/mol. The molecule has 3 fully saturated rings. The molecule has 2 bridgehead atoms. The van der Waals surface area contributed by atoms with E-state index in [1.807, 2.05) is 0 Å². The first-order chi connectivity index (χ1) is 5.24. The third-order valence-electron chi connectivity index (χ3n) is 3.74. The van der Waals surface area contributed by atoms with Crippen molar-refractivity contribution in [3.63, 3.8) is 0 Å². The minimum Gasteiger partial charge on any atom is -0.369 e. The van der Waals surface area contributed by atoms with Gasteiger partial charge in [0.15, 0.2) is 0 Å². The standard InChI is InChI=1S/C9H11NO/c1-9(4-10)3-5-2-6(9)8-7(5)11-8/h5-8H,2-3H2,1H3/t5-,6-,7+,8-,9+/m1/s1. The molecule has 0 aromatic carbocycles. The molecule has 0 aromatic rings. The van der Waals surface area contributed by atoms with Crippen LogP contribution in [0.1, 0.15) is 19.8 Å². The average Bonchev–Trinajstić information content (AvgIpc) is 2.65. The Bertz CT molecular complexity index is 257.